The first-order valence-corrected chi connectivity index (χ1v) is 12.0. The van der Waals surface area contributed by atoms with Crippen molar-refractivity contribution in [2.24, 2.45) is 5.92 Å². The molecule has 1 fully saturated rings. The van der Waals surface area contributed by atoms with Crippen LogP contribution in [0.3, 0.4) is 0 Å². The number of aryl methyl sites for hydroxylation is 1. The van der Waals surface area contributed by atoms with E-state index in [-0.39, 0.29) is 18.4 Å². The van der Waals surface area contributed by atoms with Gasteiger partial charge in [0.25, 0.3) is 10.0 Å². The molecule has 2 aromatic rings. The van der Waals surface area contributed by atoms with Crippen LogP contribution in [0.5, 0.6) is 11.5 Å². The topological polar surface area (TPSA) is 76.2 Å². The van der Waals surface area contributed by atoms with Crippen LogP contribution in [0.25, 0.3) is 0 Å². The summed E-state index contributed by atoms with van der Waals surface area (Å²) in [5, 5.41) is 0. The average molecular weight is 453 g/mol. The SMILES string of the molecule is COc1ccc(CN(C)C(=O)C2CCCN(S(=O)(=O)c3ccc(C)s3)C2)c(OC)c1. The molecular weight excluding hydrogens is 424 g/mol. The maximum absolute atomic E-state index is 13.1. The number of sulfonamides is 1. The van der Waals surface area contributed by atoms with Gasteiger partial charge in [0.2, 0.25) is 5.91 Å². The Bertz CT molecular complexity index is 1000. The lowest BCUT2D eigenvalue weighted by Crippen LogP contribution is -2.45. The Morgan fingerprint density at radius 3 is 2.63 bits per heavy atom. The van der Waals surface area contributed by atoms with Crippen LogP contribution < -0.4 is 9.47 Å². The van der Waals surface area contributed by atoms with Crippen LogP contribution in [0.2, 0.25) is 0 Å². The normalized spacial score (nSPS) is 17.5. The van der Waals surface area contributed by atoms with Crippen LogP contribution in [0.1, 0.15) is 23.3 Å². The van der Waals surface area contributed by atoms with Gasteiger partial charge >= 0.3 is 0 Å². The molecule has 1 aliphatic heterocycles. The summed E-state index contributed by atoms with van der Waals surface area (Å²) in [7, 11) is 1.34. The molecule has 0 radical (unpaired) electrons. The first-order valence-electron chi connectivity index (χ1n) is 9.78. The molecule has 0 aliphatic carbocycles. The van der Waals surface area contributed by atoms with Gasteiger partial charge in [-0.05, 0) is 44.0 Å². The number of hydrogen-bond donors (Lipinski definition) is 0. The summed E-state index contributed by atoms with van der Waals surface area (Å²) < 4.78 is 38.3. The standard InChI is InChI=1S/C21H28N2O5S2/c1-15-7-10-20(29-15)30(25,26)23-11-5-6-17(14-23)21(24)22(2)13-16-8-9-18(27-3)12-19(16)28-4/h7-10,12,17H,5-6,11,13-14H2,1-4H3. The predicted molar refractivity (Wildman–Crippen MR) is 117 cm³/mol. The summed E-state index contributed by atoms with van der Waals surface area (Å²) in [5.74, 6) is 0.912. The maximum atomic E-state index is 13.1. The second-order valence-electron chi connectivity index (χ2n) is 7.44. The minimum atomic E-state index is -3.56. The molecule has 0 N–H and O–H groups in total. The molecule has 164 valence electrons. The summed E-state index contributed by atoms with van der Waals surface area (Å²) in [6, 6.07) is 8.93. The van der Waals surface area contributed by atoms with E-state index in [2.05, 4.69) is 0 Å². The van der Waals surface area contributed by atoms with E-state index in [1.54, 1.807) is 44.4 Å². The molecule has 1 amide bonds. The molecule has 1 atom stereocenters. The van der Waals surface area contributed by atoms with Gasteiger partial charge < -0.3 is 14.4 Å². The smallest absolute Gasteiger partial charge is 0.252 e. The minimum absolute atomic E-state index is 0.0601. The van der Waals surface area contributed by atoms with E-state index in [1.807, 2.05) is 19.1 Å². The van der Waals surface area contributed by atoms with Crippen LogP contribution in [-0.4, -0.2) is 57.9 Å². The van der Waals surface area contributed by atoms with Crippen molar-refractivity contribution < 1.29 is 22.7 Å². The summed E-state index contributed by atoms with van der Waals surface area (Å²) in [6.45, 7) is 2.91. The number of thiophene rings is 1. The third kappa shape index (κ3) is 4.79. The molecule has 3 rings (SSSR count). The number of ether oxygens (including phenoxy) is 2. The molecule has 1 aromatic carbocycles. The summed E-state index contributed by atoms with van der Waals surface area (Å²) >= 11 is 1.26. The van der Waals surface area contributed by atoms with E-state index < -0.39 is 10.0 Å². The van der Waals surface area contributed by atoms with Gasteiger partial charge in [-0.25, -0.2) is 8.42 Å². The molecule has 1 aromatic heterocycles. The monoisotopic (exact) mass is 452 g/mol. The lowest BCUT2D eigenvalue weighted by molar-refractivity contribution is -0.135. The zero-order valence-electron chi connectivity index (χ0n) is 17.8. The van der Waals surface area contributed by atoms with Gasteiger partial charge in [0.05, 0.1) is 20.1 Å². The summed E-state index contributed by atoms with van der Waals surface area (Å²) in [4.78, 5) is 15.7. The Morgan fingerprint density at radius 2 is 2.00 bits per heavy atom. The molecule has 0 saturated carbocycles. The highest BCUT2D eigenvalue weighted by molar-refractivity contribution is 7.91. The van der Waals surface area contributed by atoms with Crippen molar-refractivity contribution in [2.75, 3.05) is 34.4 Å². The van der Waals surface area contributed by atoms with Gasteiger partial charge in [0.1, 0.15) is 15.7 Å². The van der Waals surface area contributed by atoms with E-state index >= 15 is 0 Å². The van der Waals surface area contributed by atoms with E-state index in [0.29, 0.717) is 41.6 Å². The Kier molecular flexibility index (Phi) is 7.05. The number of amides is 1. The largest absolute Gasteiger partial charge is 0.497 e. The van der Waals surface area contributed by atoms with Crippen molar-refractivity contribution in [1.82, 2.24) is 9.21 Å². The number of carbonyl (C=O) groups excluding carboxylic acids is 1. The summed E-state index contributed by atoms with van der Waals surface area (Å²) in [6.07, 6.45) is 1.35. The van der Waals surface area contributed by atoms with E-state index in [4.69, 9.17) is 9.47 Å². The first-order chi connectivity index (χ1) is 14.3. The Morgan fingerprint density at radius 1 is 1.23 bits per heavy atom. The molecule has 30 heavy (non-hydrogen) atoms. The van der Waals surface area contributed by atoms with Crippen LogP contribution in [0, 0.1) is 12.8 Å². The Labute approximate surface area is 182 Å². The van der Waals surface area contributed by atoms with Crippen molar-refractivity contribution in [2.45, 2.75) is 30.5 Å². The zero-order chi connectivity index (χ0) is 21.9. The van der Waals surface area contributed by atoms with Gasteiger partial charge in [-0.15, -0.1) is 11.3 Å². The fourth-order valence-corrected chi connectivity index (χ4v) is 6.63. The molecule has 2 heterocycles. The van der Waals surface area contributed by atoms with Gasteiger partial charge in [0.15, 0.2) is 0 Å². The number of rotatable bonds is 7. The first kappa shape index (κ1) is 22.6. The second-order valence-corrected chi connectivity index (χ2v) is 10.9. The quantitative estimate of drug-likeness (QED) is 0.645. The summed E-state index contributed by atoms with van der Waals surface area (Å²) in [5.41, 5.74) is 0.864. The van der Waals surface area contributed by atoms with Crippen LogP contribution in [0.15, 0.2) is 34.5 Å². The number of piperidine rings is 1. The third-order valence-electron chi connectivity index (χ3n) is 5.32. The number of hydrogen-bond acceptors (Lipinski definition) is 6. The fourth-order valence-electron chi connectivity index (χ4n) is 3.67. The third-order valence-corrected chi connectivity index (χ3v) is 8.65. The lowest BCUT2D eigenvalue weighted by atomic mass is 9.98. The molecule has 1 unspecified atom stereocenters. The van der Waals surface area contributed by atoms with Crippen molar-refractivity contribution in [1.29, 1.82) is 0 Å². The van der Waals surface area contributed by atoms with Crippen molar-refractivity contribution >= 4 is 27.3 Å². The van der Waals surface area contributed by atoms with E-state index in [1.165, 1.54) is 15.6 Å². The molecule has 7 nitrogen and oxygen atoms in total. The van der Waals surface area contributed by atoms with Crippen LogP contribution in [-0.2, 0) is 21.4 Å². The minimum Gasteiger partial charge on any atom is -0.497 e. The molecule has 9 heteroatoms. The molecule has 1 saturated heterocycles. The molecule has 0 spiro atoms. The predicted octanol–water partition coefficient (Wildman–Crippen LogP) is 3.13. The zero-order valence-corrected chi connectivity index (χ0v) is 19.4. The van der Waals surface area contributed by atoms with E-state index in [9.17, 15) is 13.2 Å². The maximum Gasteiger partial charge on any atom is 0.252 e. The number of nitrogens with zero attached hydrogens (tertiary/aromatic N) is 2. The Hall–Kier alpha value is -2.10. The molecule has 0 bridgehead atoms. The van der Waals surface area contributed by atoms with Gasteiger partial charge in [-0.2, -0.15) is 4.31 Å². The van der Waals surface area contributed by atoms with E-state index in [0.717, 1.165) is 10.4 Å². The van der Waals surface area contributed by atoms with Gasteiger partial charge in [-0.1, -0.05) is 0 Å². The second kappa shape index (κ2) is 9.36. The number of benzene rings is 1. The van der Waals surface area contributed by atoms with Crippen molar-refractivity contribution in [3.63, 3.8) is 0 Å². The molecule has 1 aliphatic rings. The van der Waals surface area contributed by atoms with Gasteiger partial charge in [-0.3, -0.25) is 4.79 Å². The van der Waals surface area contributed by atoms with Crippen LogP contribution >= 0.6 is 11.3 Å². The fraction of sp³-hybridized carbons (Fsp3) is 0.476. The van der Waals surface area contributed by atoms with Crippen LogP contribution in [0.4, 0.5) is 0 Å². The lowest BCUT2D eigenvalue weighted by Gasteiger charge is -2.33. The molecular formula is C21H28N2O5S2. The Balaban J connectivity index is 1.70. The van der Waals surface area contributed by atoms with Gasteiger partial charge in [0, 0.05) is 43.2 Å². The number of carbonyl (C=O) groups is 1. The highest BCUT2D eigenvalue weighted by Gasteiger charge is 2.35. The average Bonchev–Trinajstić information content (AvgIpc) is 3.20. The number of methoxy groups -OCH3 is 2. The van der Waals surface area contributed by atoms with Crippen molar-refractivity contribution in [3.8, 4) is 11.5 Å². The highest BCUT2D eigenvalue weighted by Crippen LogP contribution is 2.30. The highest BCUT2D eigenvalue weighted by atomic mass is 32.2. The van der Waals surface area contributed by atoms with Crippen molar-refractivity contribution in [3.05, 3.63) is 40.8 Å².